The van der Waals surface area contributed by atoms with Gasteiger partial charge in [0.1, 0.15) is 0 Å². The van der Waals surface area contributed by atoms with Gasteiger partial charge < -0.3 is 14.2 Å². The number of nitrogens with zero attached hydrogens (tertiary/aromatic N) is 2. The second-order valence-electron chi connectivity index (χ2n) is 8.53. The number of hydrogen-bond donors (Lipinski definition) is 0. The molecule has 2 aliphatic rings. The van der Waals surface area contributed by atoms with Crippen LogP contribution in [0.2, 0.25) is 0 Å². The van der Waals surface area contributed by atoms with Crippen molar-refractivity contribution in [3.05, 3.63) is 29.0 Å². The first-order chi connectivity index (χ1) is 13.6. The summed E-state index contributed by atoms with van der Waals surface area (Å²) in [6.45, 7) is 4.13. The smallest absolute Gasteiger partial charge is 0.242 e. The summed E-state index contributed by atoms with van der Waals surface area (Å²) in [6.07, 6.45) is 1.30. The lowest BCUT2D eigenvalue weighted by Gasteiger charge is -2.44. The molecule has 0 saturated carbocycles. The van der Waals surface area contributed by atoms with Gasteiger partial charge in [-0.25, -0.2) is 10.0 Å². The summed E-state index contributed by atoms with van der Waals surface area (Å²) >= 11 is 0. The first kappa shape index (κ1) is 21.2. The highest BCUT2D eigenvalue weighted by molar-refractivity contribution is 6.02. The second kappa shape index (κ2) is 7.71. The normalized spacial score (nSPS) is 21.4. The Labute approximate surface area is 172 Å². The van der Waals surface area contributed by atoms with E-state index in [0.29, 0.717) is 35.7 Å². The van der Waals surface area contributed by atoms with E-state index in [2.05, 4.69) is 13.8 Å². The number of benzene rings is 1. The van der Waals surface area contributed by atoms with Gasteiger partial charge >= 0.3 is 0 Å². The van der Waals surface area contributed by atoms with E-state index >= 15 is 0 Å². The van der Waals surface area contributed by atoms with Crippen LogP contribution in [0, 0.1) is 5.41 Å². The highest BCUT2D eigenvalue weighted by Crippen LogP contribution is 2.51. The third-order valence-electron chi connectivity index (χ3n) is 5.63. The van der Waals surface area contributed by atoms with Crippen molar-refractivity contribution in [1.82, 2.24) is 10.0 Å². The molecule has 1 heterocycles. The Morgan fingerprint density at radius 1 is 1.00 bits per heavy atom. The fourth-order valence-corrected chi connectivity index (χ4v) is 4.53. The van der Waals surface area contributed by atoms with Gasteiger partial charge in [-0.2, -0.15) is 0 Å². The molecule has 0 radical (unpaired) electrons. The molecule has 7 heteroatoms. The molecule has 1 aliphatic heterocycles. The van der Waals surface area contributed by atoms with Crippen molar-refractivity contribution in [3.63, 3.8) is 0 Å². The summed E-state index contributed by atoms with van der Waals surface area (Å²) in [5, 5.41) is 3.41. The molecule has 29 heavy (non-hydrogen) atoms. The molecule has 0 bridgehead atoms. The minimum atomic E-state index is -0.382. The largest absolute Gasteiger partial charge is 0.493 e. The highest BCUT2D eigenvalue weighted by Gasteiger charge is 2.45. The monoisotopic (exact) mass is 402 g/mol. The van der Waals surface area contributed by atoms with Crippen LogP contribution < -0.4 is 14.2 Å². The van der Waals surface area contributed by atoms with Gasteiger partial charge in [0, 0.05) is 49.7 Å². The minimum absolute atomic E-state index is 0.0407. The molecule has 0 saturated heterocycles. The Kier molecular flexibility index (Phi) is 5.63. The number of methoxy groups -OCH3 is 3. The van der Waals surface area contributed by atoms with E-state index in [0.717, 1.165) is 11.3 Å². The van der Waals surface area contributed by atoms with E-state index in [-0.39, 0.29) is 29.4 Å². The van der Waals surface area contributed by atoms with Gasteiger partial charge in [0.25, 0.3) is 0 Å². The Morgan fingerprint density at radius 2 is 1.66 bits per heavy atom. The first-order valence-corrected chi connectivity index (χ1v) is 9.70. The maximum absolute atomic E-state index is 13.3. The Balaban J connectivity index is 2.24. The first-order valence-electron chi connectivity index (χ1n) is 9.70. The molecule has 0 aromatic heterocycles. The molecule has 1 aliphatic carbocycles. The number of allylic oxidation sites excluding steroid dienone is 2. The predicted octanol–water partition coefficient (Wildman–Crippen LogP) is 3.15. The third-order valence-corrected chi connectivity index (χ3v) is 5.63. The lowest BCUT2D eigenvalue weighted by molar-refractivity contribution is -0.143. The molecule has 3 rings (SSSR count). The molecular weight excluding hydrogens is 372 g/mol. The fourth-order valence-electron chi connectivity index (χ4n) is 4.53. The van der Waals surface area contributed by atoms with Crippen LogP contribution in [0.3, 0.4) is 0 Å². The number of hydrazine groups is 1. The molecule has 0 N–H and O–H groups in total. The second-order valence-corrected chi connectivity index (χ2v) is 8.53. The van der Waals surface area contributed by atoms with Crippen LogP contribution >= 0.6 is 0 Å². The number of hydrogen-bond acceptors (Lipinski definition) is 6. The quantitative estimate of drug-likeness (QED) is 0.754. The molecular formula is C22H30N2O5. The maximum atomic E-state index is 13.3. The zero-order valence-electron chi connectivity index (χ0n) is 18.3. The SMILES string of the molecule is COc1ccc([C@@H]2CC(=O)N(N(C)C)C3=C2C(=O)CC(C)(C)C3)c(OC)c1OC. The number of carbonyl (C=O) groups is 2. The molecule has 0 fully saturated rings. The highest BCUT2D eigenvalue weighted by atomic mass is 16.5. The average Bonchev–Trinajstić information content (AvgIpc) is 2.64. The summed E-state index contributed by atoms with van der Waals surface area (Å²) in [5.74, 6) is 1.15. The number of carbonyl (C=O) groups excluding carboxylic acids is 2. The van der Waals surface area contributed by atoms with E-state index in [1.165, 1.54) is 0 Å². The van der Waals surface area contributed by atoms with E-state index in [1.807, 2.05) is 20.2 Å². The van der Waals surface area contributed by atoms with Crippen LogP contribution in [0.15, 0.2) is 23.4 Å². The number of amides is 1. The van der Waals surface area contributed by atoms with E-state index in [1.54, 1.807) is 37.4 Å². The van der Waals surface area contributed by atoms with Crippen molar-refractivity contribution in [1.29, 1.82) is 0 Å². The van der Waals surface area contributed by atoms with Crippen LogP contribution in [0.25, 0.3) is 0 Å². The van der Waals surface area contributed by atoms with Gasteiger partial charge in [0.2, 0.25) is 11.7 Å². The topological polar surface area (TPSA) is 68.3 Å². The molecule has 158 valence electrons. The number of ketones is 1. The van der Waals surface area contributed by atoms with Gasteiger partial charge in [0.05, 0.1) is 21.3 Å². The summed E-state index contributed by atoms with van der Waals surface area (Å²) < 4.78 is 16.6. The molecule has 0 spiro atoms. The number of ether oxygens (including phenoxy) is 3. The minimum Gasteiger partial charge on any atom is -0.493 e. The van der Waals surface area contributed by atoms with Gasteiger partial charge in [0.15, 0.2) is 17.3 Å². The van der Waals surface area contributed by atoms with E-state index in [9.17, 15) is 9.59 Å². The van der Waals surface area contributed by atoms with Gasteiger partial charge in [-0.05, 0) is 17.9 Å². The Bertz CT molecular complexity index is 872. The van der Waals surface area contributed by atoms with Gasteiger partial charge in [-0.1, -0.05) is 19.9 Å². The third kappa shape index (κ3) is 3.59. The van der Waals surface area contributed by atoms with Crippen LogP contribution in [0.5, 0.6) is 17.2 Å². The summed E-state index contributed by atoms with van der Waals surface area (Å²) in [5.41, 5.74) is 2.04. The molecule has 0 unspecified atom stereocenters. The van der Waals surface area contributed by atoms with Crippen molar-refractivity contribution in [2.24, 2.45) is 5.41 Å². The van der Waals surface area contributed by atoms with Crippen molar-refractivity contribution in [3.8, 4) is 17.2 Å². The Morgan fingerprint density at radius 3 is 2.21 bits per heavy atom. The Hall–Kier alpha value is -2.54. The summed E-state index contributed by atoms with van der Waals surface area (Å²) in [7, 11) is 8.31. The zero-order valence-corrected chi connectivity index (χ0v) is 18.3. The van der Waals surface area contributed by atoms with Crippen molar-refractivity contribution >= 4 is 11.7 Å². The maximum Gasteiger partial charge on any atom is 0.242 e. The summed E-state index contributed by atoms with van der Waals surface area (Å²) in [4.78, 5) is 26.4. The van der Waals surface area contributed by atoms with Crippen molar-refractivity contribution in [2.75, 3.05) is 35.4 Å². The van der Waals surface area contributed by atoms with E-state index in [4.69, 9.17) is 14.2 Å². The molecule has 1 amide bonds. The molecule has 7 nitrogen and oxygen atoms in total. The van der Waals surface area contributed by atoms with Crippen LogP contribution in [0.1, 0.15) is 44.6 Å². The predicted molar refractivity (Wildman–Crippen MR) is 109 cm³/mol. The van der Waals surface area contributed by atoms with Crippen LogP contribution in [-0.2, 0) is 9.59 Å². The molecule has 1 aromatic carbocycles. The van der Waals surface area contributed by atoms with Crippen molar-refractivity contribution < 1.29 is 23.8 Å². The fraction of sp³-hybridized carbons (Fsp3) is 0.545. The van der Waals surface area contributed by atoms with Crippen LogP contribution in [-0.4, -0.2) is 57.1 Å². The lowest BCUT2D eigenvalue weighted by atomic mass is 9.69. The molecule has 1 aromatic rings. The van der Waals surface area contributed by atoms with Gasteiger partial charge in [-0.3, -0.25) is 9.59 Å². The molecule has 1 atom stereocenters. The van der Waals surface area contributed by atoms with Crippen LogP contribution in [0.4, 0.5) is 0 Å². The van der Waals surface area contributed by atoms with Crippen molar-refractivity contribution in [2.45, 2.75) is 39.0 Å². The zero-order chi connectivity index (χ0) is 21.5. The van der Waals surface area contributed by atoms with E-state index < -0.39 is 0 Å². The lowest BCUT2D eigenvalue weighted by Crippen LogP contribution is -2.49. The number of rotatable bonds is 5. The summed E-state index contributed by atoms with van der Waals surface area (Å²) in [6, 6.07) is 3.65. The van der Waals surface area contributed by atoms with Gasteiger partial charge in [-0.15, -0.1) is 0 Å². The average molecular weight is 402 g/mol. The number of Topliss-reactive ketones (excluding diaryl/α,β-unsaturated/α-hetero) is 1. The standard InChI is InChI=1S/C22H30N2O5/c1-22(2)11-15-19(16(25)12-22)14(10-18(26)24(15)23(3)4)13-8-9-17(27-5)21(29-7)20(13)28-6/h8-9,14H,10-12H2,1-7H3/t14-/m0/s1.